The van der Waals surface area contributed by atoms with E-state index >= 15 is 0 Å². The molecule has 0 atom stereocenters. The molecule has 1 aliphatic rings. The molecular weight excluding hydrogens is 278 g/mol. The van der Waals surface area contributed by atoms with Gasteiger partial charge in [0, 0.05) is 29.4 Å². The van der Waals surface area contributed by atoms with Crippen molar-refractivity contribution < 1.29 is 14.3 Å². The Morgan fingerprint density at radius 2 is 1.77 bits per heavy atom. The molecule has 1 aliphatic heterocycles. The van der Waals surface area contributed by atoms with E-state index < -0.39 is 0 Å². The van der Waals surface area contributed by atoms with Gasteiger partial charge in [0.1, 0.15) is 11.5 Å². The number of anilines is 1. The van der Waals surface area contributed by atoms with Crippen molar-refractivity contribution in [2.45, 2.75) is 6.42 Å². The average molecular weight is 295 g/mol. The second kappa shape index (κ2) is 5.93. The van der Waals surface area contributed by atoms with E-state index in [-0.39, 0.29) is 5.78 Å². The first kappa shape index (κ1) is 14.2. The minimum Gasteiger partial charge on any atom is -0.497 e. The number of carbonyl (C=O) groups excluding carboxylic acids is 1. The van der Waals surface area contributed by atoms with Gasteiger partial charge in [0.05, 0.1) is 14.2 Å². The topological polar surface area (TPSA) is 47.6 Å². The van der Waals surface area contributed by atoms with Gasteiger partial charge in [-0.2, -0.15) is 0 Å². The Morgan fingerprint density at radius 1 is 1.00 bits per heavy atom. The van der Waals surface area contributed by atoms with Crippen LogP contribution in [0.15, 0.2) is 48.7 Å². The molecule has 0 aliphatic carbocycles. The van der Waals surface area contributed by atoms with Crippen LogP contribution < -0.4 is 14.8 Å². The fourth-order valence-corrected chi connectivity index (χ4v) is 2.58. The first-order valence-electron chi connectivity index (χ1n) is 7.03. The summed E-state index contributed by atoms with van der Waals surface area (Å²) < 4.78 is 10.5. The average Bonchev–Trinajstić information content (AvgIpc) is 2.73. The number of nitrogens with one attached hydrogen (secondary N) is 1. The Kier molecular flexibility index (Phi) is 3.83. The second-order valence-electron chi connectivity index (χ2n) is 5.02. The van der Waals surface area contributed by atoms with Gasteiger partial charge in [-0.15, -0.1) is 0 Å². The van der Waals surface area contributed by atoms with Crippen molar-refractivity contribution in [3.05, 3.63) is 59.8 Å². The van der Waals surface area contributed by atoms with E-state index in [0.29, 0.717) is 12.0 Å². The largest absolute Gasteiger partial charge is 0.497 e. The maximum Gasteiger partial charge on any atom is 0.169 e. The molecular formula is C18H17NO3. The SMILES string of the molecule is COc1ccc(C2=CNc3cccc(OC)c3CC2=O)cc1. The van der Waals surface area contributed by atoms with Crippen LogP contribution in [0, 0.1) is 0 Å². The van der Waals surface area contributed by atoms with Gasteiger partial charge in [-0.05, 0) is 29.8 Å². The van der Waals surface area contributed by atoms with E-state index in [4.69, 9.17) is 9.47 Å². The van der Waals surface area contributed by atoms with Crippen molar-refractivity contribution in [2.75, 3.05) is 19.5 Å². The van der Waals surface area contributed by atoms with Gasteiger partial charge in [0.15, 0.2) is 5.78 Å². The van der Waals surface area contributed by atoms with Crippen LogP contribution in [0.3, 0.4) is 0 Å². The first-order valence-corrected chi connectivity index (χ1v) is 7.03. The van der Waals surface area contributed by atoms with E-state index in [0.717, 1.165) is 28.3 Å². The molecule has 112 valence electrons. The number of ether oxygens (including phenoxy) is 2. The number of rotatable bonds is 3. The second-order valence-corrected chi connectivity index (χ2v) is 5.02. The Bertz CT molecular complexity index is 732. The molecule has 4 heteroatoms. The van der Waals surface area contributed by atoms with Crippen molar-refractivity contribution >= 4 is 17.0 Å². The molecule has 0 saturated heterocycles. The van der Waals surface area contributed by atoms with E-state index in [9.17, 15) is 4.79 Å². The molecule has 4 nitrogen and oxygen atoms in total. The third-order valence-electron chi connectivity index (χ3n) is 3.76. The van der Waals surface area contributed by atoms with E-state index in [1.165, 1.54) is 0 Å². The lowest BCUT2D eigenvalue weighted by Crippen LogP contribution is -2.05. The zero-order valence-electron chi connectivity index (χ0n) is 12.6. The van der Waals surface area contributed by atoms with Crippen molar-refractivity contribution in [1.29, 1.82) is 0 Å². The molecule has 22 heavy (non-hydrogen) atoms. The molecule has 0 bridgehead atoms. The number of ketones is 1. The molecule has 0 saturated carbocycles. The number of methoxy groups -OCH3 is 2. The van der Waals surface area contributed by atoms with Crippen molar-refractivity contribution in [3.8, 4) is 11.5 Å². The normalized spacial score (nSPS) is 13.5. The summed E-state index contributed by atoms with van der Waals surface area (Å²) in [5.74, 6) is 1.55. The van der Waals surface area contributed by atoms with Crippen LogP contribution in [0.5, 0.6) is 11.5 Å². The number of carbonyl (C=O) groups is 1. The van der Waals surface area contributed by atoms with Crippen LogP contribution >= 0.6 is 0 Å². The maximum absolute atomic E-state index is 12.6. The molecule has 2 aromatic carbocycles. The van der Waals surface area contributed by atoms with Crippen LogP contribution in [0.2, 0.25) is 0 Å². The van der Waals surface area contributed by atoms with Crippen molar-refractivity contribution in [3.63, 3.8) is 0 Å². The smallest absolute Gasteiger partial charge is 0.169 e. The predicted molar refractivity (Wildman–Crippen MR) is 86.3 cm³/mol. The first-order chi connectivity index (χ1) is 10.7. The Balaban J connectivity index is 1.96. The molecule has 1 N–H and O–H groups in total. The zero-order valence-corrected chi connectivity index (χ0v) is 12.6. The van der Waals surface area contributed by atoms with Crippen LogP contribution in [0.4, 0.5) is 5.69 Å². The molecule has 1 heterocycles. The standard InChI is InChI=1S/C18H17NO3/c1-21-13-8-6-12(7-9-13)15-11-19-16-4-3-5-18(22-2)14(16)10-17(15)20/h3-9,11,19H,10H2,1-2H3. The molecule has 0 amide bonds. The summed E-state index contributed by atoms with van der Waals surface area (Å²) >= 11 is 0. The summed E-state index contributed by atoms with van der Waals surface area (Å²) in [5.41, 5.74) is 3.30. The fourth-order valence-electron chi connectivity index (χ4n) is 2.58. The van der Waals surface area contributed by atoms with Crippen LogP contribution in [-0.4, -0.2) is 20.0 Å². The number of Topliss-reactive ketones (excluding diaryl/α,β-unsaturated/α-hetero) is 1. The van der Waals surface area contributed by atoms with E-state index in [2.05, 4.69) is 5.32 Å². The molecule has 0 fully saturated rings. The summed E-state index contributed by atoms with van der Waals surface area (Å²) in [7, 11) is 3.23. The van der Waals surface area contributed by atoms with Gasteiger partial charge in [0.2, 0.25) is 0 Å². The summed E-state index contributed by atoms with van der Waals surface area (Å²) in [6.07, 6.45) is 2.07. The Morgan fingerprint density at radius 3 is 2.45 bits per heavy atom. The number of hydrogen-bond donors (Lipinski definition) is 1. The van der Waals surface area contributed by atoms with Crippen LogP contribution in [-0.2, 0) is 11.2 Å². The highest BCUT2D eigenvalue weighted by atomic mass is 16.5. The molecule has 0 radical (unpaired) electrons. The molecule has 2 aromatic rings. The summed E-state index contributed by atoms with van der Waals surface area (Å²) in [6.45, 7) is 0. The molecule has 0 spiro atoms. The fraction of sp³-hybridized carbons (Fsp3) is 0.167. The van der Waals surface area contributed by atoms with Gasteiger partial charge >= 0.3 is 0 Å². The van der Waals surface area contributed by atoms with Gasteiger partial charge < -0.3 is 14.8 Å². The predicted octanol–water partition coefficient (Wildman–Crippen LogP) is 3.28. The molecule has 3 rings (SSSR count). The summed E-state index contributed by atoms with van der Waals surface area (Å²) in [6, 6.07) is 13.2. The minimum atomic E-state index is 0.0564. The van der Waals surface area contributed by atoms with Gasteiger partial charge in [-0.1, -0.05) is 18.2 Å². The van der Waals surface area contributed by atoms with Crippen molar-refractivity contribution in [1.82, 2.24) is 0 Å². The summed E-state index contributed by atoms with van der Waals surface area (Å²) in [4.78, 5) is 12.6. The highest BCUT2D eigenvalue weighted by Crippen LogP contribution is 2.32. The highest BCUT2D eigenvalue weighted by molar-refractivity contribution is 6.22. The lowest BCUT2D eigenvalue weighted by atomic mass is 9.98. The van der Waals surface area contributed by atoms with Gasteiger partial charge in [-0.3, -0.25) is 4.79 Å². The third kappa shape index (κ3) is 2.55. The monoisotopic (exact) mass is 295 g/mol. The number of hydrogen-bond acceptors (Lipinski definition) is 4. The lowest BCUT2D eigenvalue weighted by molar-refractivity contribution is -0.113. The molecule has 0 aromatic heterocycles. The minimum absolute atomic E-state index is 0.0564. The number of fused-ring (bicyclic) bond motifs is 1. The van der Waals surface area contributed by atoms with Gasteiger partial charge in [0.25, 0.3) is 0 Å². The third-order valence-corrected chi connectivity index (χ3v) is 3.76. The zero-order chi connectivity index (χ0) is 15.5. The Hall–Kier alpha value is -2.75. The summed E-state index contributed by atoms with van der Waals surface area (Å²) in [5, 5.41) is 3.21. The quantitative estimate of drug-likeness (QED) is 0.944. The van der Waals surface area contributed by atoms with Crippen LogP contribution in [0.25, 0.3) is 5.57 Å². The molecule has 0 unspecified atom stereocenters. The number of benzene rings is 2. The highest BCUT2D eigenvalue weighted by Gasteiger charge is 2.20. The maximum atomic E-state index is 12.6. The lowest BCUT2D eigenvalue weighted by Gasteiger charge is -2.10. The number of allylic oxidation sites excluding steroid dienone is 1. The van der Waals surface area contributed by atoms with E-state index in [1.54, 1.807) is 20.4 Å². The van der Waals surface area contributed by atoms with Crippen molar-refractivity contribution in [2.24, 2.45) is 0 Å². The van der Waals surface area contributed by atoms with E-state index in [1.807, 2.05) is 42.5 Å². The van der Waals surface area contributed by atoms with Crippen LogP contribution in [0.1, 0.15) is 11.1 Å². The Labute approximate surface area is 129 Å². The van der Waals surface area contributed by atoms with Gasteiger partial charge in [-0.25, -0.2) is 0 Å².